The van der Waals surface area contributed by atoms with Gasteiger partial charge in [0.05, 0.1) is 0 Å². The van der Waals surface area contributed by atoms with Crippen molar-refractivity contribution in [3.63, 3.8) is 0 Å². The second kappa shape index (κ2) is 4.54. The monoisotopic (exact) mass is 194 g/mol. The number of Topliss-reactive ketones (excluding diaryl/α,β-unsaturated/α-hetero) is 2. The normalized spacial score (nSPS) is 24.6. The van der Waals surface area contributed by atoms with Gasteiger partial charge >= 0.3 is 0 Å². The standard InChI is InChI=1S/C10H14O2.C2H4/c11-8-3-6-10(7-4-8)5-1-2-9(10)12;1-2/h1-7H2;1-2H2. The van der Waals surface area contributed by atoms with Crippen LogP contribution in [0.15, 0.2) is 13.2 Å². The van der Waals surface area contributed by atoms with E-state index in [-0.39, 0.29) is 5.41 Å². The summed E-state index contributed by atoms with van der Waals surface area (Å²) in [6.45, 7) is 6.00. The molecule has 0 aromatic rings. The molecule has 0 saturated heterocycles. The molecule has 2 aliphatic carbocycles. The Labute approximate surface area is 85.4 Å². The van der Waals surface area contributed by atoms with Crippen molar-refractivity contribution in [2.75, 3.05) is 0 Å². The number of hydrogen-bond donors (Lipinski definition) is 0. The summed E-state index contributed by atoms with van der Waals surface area (Å²) >= 11 is 0. The molecular weight excluding hydrogens is 176 g/mol. The summed E-state index contributed by atoms with van der Waals surface area (Å²) in [5.74, 6) is 0.773. The Balaban J connectivity index is 0.000000461. The summed E-state index contributed by atoms with van der Waals surface area (Å²) in [4.78, 5) is 22.5. The third-order valence-electron chi connectivity index (χ3n) is 3.42. The zero-order valence-electron chi connectivity index (χ0n) is 8.68. The number of carbonyl (C=O) groups excluding carboxylic acids is 2. The molecule has 0 aromatic heterocycles. The molecule has 2 heteroatoms. The Hall–Kier alpha value is -0.920. The van der Waals surface area contributed by atoms with Crippen LogP contribution in [0.1, 0.15) is 44.9 Å². The largest absolute Gasteiger partial charge is 0.300 e. The van der Waals surface area contributed by atoms with Crippen LogP contribution in [0.2, 0.25) is 0 Å². The number of hydrogen-bond acceptors (Lipinski definition) is 2. The maximum absolute atomic E-state index is 11.5. The van der Waals surface area contributed by atoms with E-state index in [0.29, 0.717) is 24.4 Å². The van der Waals surface area contributed by atoms with Crippen LogP contribution in [0.25, 0.3) is 0 Å². The first-order valence-corrected chi connectivity index (χ1v) is 5.28. The molecule has 78 valence electrons. The van der Waals surface area contributed by atoms with E-state index in [4.69, 9.17) is 0 Å². The fraction of sp³-hybridized carbons (Fsp3) is 0.667. The van der Waals surface area contributed by atoms with Crippen molar-refractivity contribution >= 4 is 11.6 Å². The van der Waals surface area contributed by atoms with Gasteiger partial charge < -0.3 is 0 Å². The minimum Gasteiger partial charge on any atom is -0.300 e. The number of rotatable bonds is 0. The lowest BCUT2D eigenvalue weighted by Gasteiger charge is -2.30. The van der Waals surface area contributed by atoms with Gasteiger partial charge in [-0.1, -0.05) is 0 Å². The van der Waals surface area contributed by atoms with Crippen molar-refractivity contribution in [2.24, 2.45) is 5.41 Å². The highest BCUT2D eigenvalue weighted by Gasteiger charge is 2.43. The smallest absolute Gasteiger partial charge is 0.139 e. The van der Waals surface area contributed by atoms with Gasteiger partial charge in [-0.25, -0.2) is 0 Å². The molecule has 0 N–H and O–H groups in total. The highest BCUT2D eigenvalue weighted by atomic mass is 16.1. The van der Waals surface area contributed by atoms with Crippen LogP contribution in [0.3, 0.4) is 0 Å². The van der Waals surface area contributed by atoms with E-state index in [1.54, 1.807) is 0 Å². The second-order valence-electron chi connectivity index (χ2n) is 4.10. The van der Waals surface area contributed by atoms with Crippen molar-refractivity contribution in [3.8, 4) is 0 Å². The predicted octanol–water partition coefficient (Wildman–Crippen LogP) is 2.67. The maximum atomic E-state index is 11.5. The summed E-state index contributed by atoms with van der Waals surface area (Å²) in [7, 11) is 0. The minimum atomic E-state index is -0.0477. The zero-order chi connectivity index (χ0) is 10.6. The fourth-order valence-corrected chi connectivity index (χ4v) is 2.53. The molecule has 0 amide bonds. The van der Waals surface area contributed by atoms with E-state index in [2.05, 4.69) is 13.2 Å². The van der Waals surface area contributed by atoms with Gasteiger partial charge in [-0.2, -0.15) is 0 Å². The SMILES string of the molecule is C=C.O=C1CCC2(CCCC2=O)CC1. The molecule has 0 heterocycles. The van der Waals surface area contributed by atoms with Gasteiger partial charge in [0.15, 0.2) is 0 Å². The van der Waals surface area contributed by atoms with Crippen molar-refractivity contribution in [1.82, 2.24) is 0 Å². The molecule has 2 nitrogen and oxygen atoms in total. The molecule has 0 atom stereocenters. The van der Waals surface area contributed by atoms with Gasteiger partial charge in [-0.15, -0.1) is 13.2 Å². The van der Waals surface area contributed by atoms with Crippen molar-refractivity contribution in [1.29, 1.82) is 0 Å². The van der Waals surface area contributed by atoms with E-state index >= 15 is 0 Å². The first-order chi connectivity index (χ1) is 6.73. The highest BCUT2D eigenvalue weighted by Crippen LogP contribution is 2.45. The average molecular weight is 194 g/mol. The van der Waals surface area contributed by atoms with Crippen molar-refractivity contribution in [3.05, 3.63) is 13.2 Å². The molecule has 0 aliphatic heterocycles. The Morgan fingerprint density at radius 2 is 1.50 bits per heavy atom. The van der Waals surface area contributed by atoms with Crippen molar-refractivity contribution < 1.29 is 9.59 Å². The molecule has 1 spiro atoms. The van der Waals surface area contributed by atoms with Crippen LogP contribution >= 0.6 is 0 Å². The van der Waals surface area contributed by atoms with Gasteiger partial charge in [0, 0.05) is 24.7 Å². The van der Waals surface area contributed by atoms with Gasteiger partial charge in [0.2, 0.25) is 0 Å². The van der Waals surface area contributed by atoms with Gasteiger partial charge in [0.25, 0.3) is 0 Å². The third-order valence-corrected chi connectivity index (χ3v) is 3.42. The Kier molecular flexibility index (Phi) is 3.62. The number of ketones is 2. The molecule has 14 heavy (non-hydrogen) atoms. The first-order valence-electron chi connectivity index (χ1n) is 5.28. The average Bonchev–Trinajstić information content (AvgIpc) is 2.57. The quantitative estimate of drug-likeness (QED) is 0.555. The molecule has 0 unspecified atom stereocenters. The first kappa shape index (κ1) is 11.2. The lowest BCUT2D eigenvalue weighted by atomic mass is 9.72. The van der Waals surface area contributed by atoms with E-state index < -0.39 is 0 Å². The van der Waals surface area contributed by atoms with Crippen LogP contribution in [0.4, 0.5) is 0 Å². The van der Waals surface area contributed by atoms with E-state index in [1.165, 1.54) is 0 Å². The minimum absolute atomic E-state index is 0.0477. The third kappa shape index (κ3) is 1.94. The van der Waals surface area contributed by atoms with Gasteiger partial charge in [-0.05, 0) is 25.7 Å². The van der Waals surface area contributed by atoms with Gasteiger partial charge in [0.1, 0.15) is 11.6 Å². The summed E-state index contributed by atoms with van der Waals surface area (Å²) in [6, 6.07) is 0. The second-order valence-corrected chi connectivity index (χ2v) is 4.10. The number of carbonyl (C=O) groups is 2. The highest BCUT2D eigenvalue weighted by molar-refractivity contribution is 5.90. The lowest BCUT2D eigenvalue weighted by molar-refractivity contribution is -0.131. The molecule has 2 fully saturated rings. The van der Waals surface area contributed by atoms with Gasteiger partial charge in [-0.3, -0.25) is 9.59 Å². The van der Waals surface area contributed by atoms with Crippen LogP contribution in [-0.2, 0) is 9.59 Å². The topological polar surface area (TPSA) is 34.1 Å². The maximum Gasteiger partial charge on any atom is 0.139 e. The molecule has 0 aromatic carbocycles. The Bertz CT molecular complexity index is 233. The molecular formula is C12H18O2. The summed E-state index contributed by atoms with van der Waals surface area (Å²) in [5.41, 5.74) is -0.0477. The molecule has 2 aliphatic rings. The van der Waals surface area contributed by atoms with Crippen molar-refractivity contribution in [2.45, 2.75) is 44.9 Å². The molecule has 2 rings (SSSR count). The van der Waals surface area contributed by atoms with Crippen LogP contribution in [0.5, 0.6) is 0 Å². The van der Waals surface area contributed by atoms with E-state index in [1.807, 2.05) is 0 Å². The van der Waals surface area contributed by atoms with Crippen LogP contribution in [-0.4, -0.2) is 11.6 Å². The zero-order valence-corrected chi connectivity index (χ0v) is 8.68. The fourth-order valence-electron chi connectivity index (χ4n) is 2.53. The van der Waals surface area contributed by atoms with Crippen LogP contribution in [0, 0.1) is 5.41 Å². The summed E-state index contributed by atoms with van der Waals surface area (Å²) in [6.07, 6.45) is 5.81. The van der Waals surface area contributed by atoms with E-state index in [0.717, 1.165) is 32.1 Å². The van der Waals surface area contributed by atoms with E-state index in [9.17, 15) is 9.59 Å². The summed E-state index contributed by atoms with van der Waals surface area (Å²) in [5, 5.41) is 0. The molecule has 0 bridgehead atoms. The molecule has 2 saturated carbocycles. The Morgan fingerprint density at radius 3 is 1.93 bits per heavy atom. The van der Waals surface area contributed by atoms with Crippen LogP contribution < -0.4 is 0 Å². The predicted molar refractivity (Wildman–Crippen MR) is 56.0 cm³/mol. The molecule has 0 radical (unpaired) electrons. The summed E-state index contributed by atoms with van der Waals surface area (Å²) < 4.78 is 0. The lowest BCUT2D eigenvalue weighted by Crippen LogP contribution is -2.31. The Morgan fingerprint density at radius 1 is 0.929 bits per heavy atom.